The quantitative estimate of drug-likeness (QED) is 0.269. The van der Waals surface area contributed by atoms with E-state index in [0.717, 1.165) is 0 Å². The molecule has 0 rings (SSSR count). The summed E-state index contributed by atoms with van der Waals surface area (Å²) in [6.45, 7) is 3.06. The molecule has 5 nitrogen and oxygen atoms in total. The van der Waals surface area contributed by atoms with Gasteiger partial charge in [-0.2, -0.15) is 0 Å². The first-order chi connectivity index (χ1) is 3.73. The third-order valence-electron chi connectivity index (χ3n) is 0. The Hall–Kier alpha value is 1.78. The maximum Gasteiger partial charge on any atom is 1.00 e. The van der Waals surface area contributed by atoms with E-state index in [1.165, 1.54) is 13.8 Å². The molecule has 8 heteroatoms. The van der Waals surface area contributed by atoms with Gasteiger partial charge in [0.2, 0.25) is 0 Å². The van der Waals surface area contributed by atoms with Crippen molar-refractivity contribution in [3.8, 4) is 0 Å². The van der Waals surface area contributed by atoms with E-state index in [1.54, 1.807) is 0 Å². The second kappa shape index (κ2) is 11.8. The van der Waals surface area contributed by atoms with Gasteiger partial charge in [-0.25, -0.2) is 4.57 Å². The van der Waals surface area contributed by atoms with Gasteiger partial charge in [0.25, 0.3) is 0 Å². The first kappa shape index (κ1) is 23.0. The van der Waals surface area contributed by atoms with E-state index in [2.05, 4.69) is 0 Å². The third kappa shape index (κ3) is 356. The van der Waals surface area contributed by atoms with E-state index >= 15 is 0 Å². The molecule has 0 aliphatic rings. The predicted octanol–water partition coefficient (Wildman–Crippen LogP) is -6.10. The van der Waals surface area contributed by atoms with Crippen molar-refractivity contribution in [2.45, 2.75) is 13.8 Å². The summed E-state index contributed by atoms with van der Waals surface area (Å²) in [5.41, 5.74) is 0. The van der Waals surface area contributed by atoms with E-state index in [1.807, 2.05) is 0 Å². The largest absolute Gasteiger partial charge is 1.00 e. The zero-order valence-electron chi connectivity index (χ0n) is 9.11. The Kier molecular flexibility index (Phi) is 24.6. The Morgan fingerprint density at radius 1 is 1.18 bits per heavy atom. The number of carbonyl (C=O) groups excluding carboxylic acids is 1. The van der Waals surface area contributed by atoms with Crippen LogP contribution in [0.4, 0.5) is 0 Å². The number of carbonyl (C=O) groups is 1. The third-order valence-corrected chi connectivity index (χ3v) is 0. The molecule has 0 atom stereocenters. The van der Waals surface area contributed by atoms with Crippen LogP contribution >= 0.6 is 7.82 Å². The average Bonchev–Trinajstić information content (AvgIpc) is 1.19. The number of ketones is 1. The molecule has 0 aromatic carbocycles. The van der Waals surface area contributed by atoms with Crippen molar-refractivity contribution < 1.29 is 86.0 Å². The van der Waals surface area contributed by atoms with Gasteiger partial charge in [-0.3, -0.25) is 0 Å². The van der Waals surface area contributed by atoms with Gasteiger partial charge in [-0.05, 0) is 13.8 Å². The molecule has 0 aromatic rings. The normalized spacial score (nSPS) is 7.73. The fraction of sp³-hybridized carbons (Fsp3) is 0.667. The number of hydrogen-bond donors (Lipinski definition) is 3. The van der Waals surface area contributed by atoms with E-state index in [9.17, 15) is 4.79 Å². The van der Waals surface area contributed by atoms with E-state index in [-0.39, 0.29) is 67.8 Å². The zero-order chi connectivity index (χ0) is 8.08. The molecular formula is C3H11Na2O5P. The fourth-order valence-electron chi connectivity index (χ4n) is 0. The summed E-state index contributed by atoms with van der Waals surface area (Å²) in [6.07, 6.45) is 0. The summed E-state index contributed by atoms with van der Waals surface area (Å²) in [5, 5.41) is 0. The molecule has 0 aliphatic heterocycles. The van der Waals surface area contributed by atoms with Gasteiger partial charge < -0.3 is 22.3 Å². The minimum atomic E-state index is -4.64. The van der Waals surface area contributed by atoms with Crippen LogP contribution in [0, 0.1) is 0 Å². The Morgan fingerprint density at radius 3 is 1.18 bits per heavy atom. The monoisotopic (exact) mass is 204 g/mol. The molecule has 0 heterocycles. The van der Waals surface area contributed by atoms with Crippen molar-refractivity contribution in [2.75, 3.05) is 0 Å². The summed E-state index contributed by atoms with van der Waals surface area (Å²) in [5.74, 6) is 0.167. The Labute approximate surface area is 112 Å². The van der Waals surface area contributed by atoms with Crippen molar-refractivity contribution in [3.63, 3.8) is 0 Å². The molecule has 0 radical (unpaired) electrons. The van der Waals surface area contributed by atoms with Crippen LogP contribution in [0.25, 0.3) is 0 Å². The minimum Gasteiger partial charge on any atom is -1.00 e. The van der Waals surface area contributed by atoms with Crippen molar-refractivity contribution >= 4 is 13.6 Å². The van der Waals surface area contributed by atoms with E-state index < -0.39 is 7.82 Å². The van der Waals surface area contributed by atoms with Crippen LogP contribution in [-0.4, -0.2) is 20.5 Å². The molecule has 0 unspecified atom stereocenters. The second-order valence-electron chi connectivity index (χ2n) is 1.42. The van der Waals surface area contributed by atoms with Crippen LogP contribution in [0.3, 0.4) is 0 Å². The van der Waals surface area contributed by atoms with Gasteiger partial charge in [0.1, 0.15) is 5.78 Å². The summed E-state index contributed by atoms with van der Waals surface area (Å²) >= 11 is 0. The number of phosphoric acid groups is 1. The average molecular weight is 204 g/mol. The first-order valence-corrected chi connectivity index (χ1v) is 3.55. The first-order valence-electron chi connectivity index (χ1n) is 1.99. The fourth-order valence-corrected chi connectivity index (χ4v) is 0. The summed E-state index contributed by atoms with van der Waals surface area (Å²) in [4.78, 5) is 31.0. The summed E-state index contributed by atoms with van der Waals surface area (Å²) < 4.78 is 8.88. The molecule has 3 N–H and O–H groups in total. The van der Waals surface area contributed by atoms with Crippen LogP contribution in [0.15, 0.2) is 0 Å². The molecule has 0 saturated heterocycles. The molecule has 0 fully saturated rings. The van der Waals surface area contributed by atoms with Crippen LogP contribution in [0.1, 0.15) is 16.7 Å². The number of hydrogen-bond acceptors (Lipinski definition) is 2. The molecule has 0 aliphatic carbocycles. The smallest absolute Gasteiger partial charge is 1.00 e. The maximum atomic E-state index is 9.44. The van der Waals surface area contributed by atoms with Crippen LogP contribution < -0.4 is 59.1 Å². The molecule has 0 saturated carbocycles. The summed E-state index contributed by atoms with van der Waals surface area (Å²) in [7, 11) is -4.64. The van der Waals surface area contributed by atoms with Gasteiger partial charge >= 0.3 is 66.9 Å². The van der Waals surface area contributed by atoms with E-state index in [0.29, 0.717) is 0 Å². The van der Waals surface area contributed by atoms with Crippen molar-refractivity contribution in [3.05, 3.63) is 0 Å². The van der Waals surface area contributed by atoms with Crippen molar-refractivity contribution in [1.82, 2.24) is 0 Å². The predicted molar refractivity (Wildman–Crippen MR) is 32.8 cm³/mol. The molecule has 0 bridgehead atoms. The molecule has 0 spiro atoms. The van der Waals surface area contributed by atoms with Crippen molar-refractivity contribution in [1.29, 1.82) is 0 Å². The van der Waals surface area contributed by atoms with Crippen molar-refractivity contribution in [2.24, 2.45) is 0 Å². The zero-order valence-corrected chi connectivity index (χ0v) is 12.0. The van der Waals surface area contributed by atoms with Gasteiger partial charge in [0.05, 0.1) is 0 Å². The topological polar surface area (TPSA) is 94.8 Å². The molecule has 60 valence electrons. The second-order valence-corrected chi connectivity index (χ2v) is 2.45. The van der Waals surface area contributed by atoms with Gasteiger partial charge in [0, 0.05) is 0 Å². The maximum absolute atomic E-state index is 9.44. The Bertz CT molecular complexity index is 127. The van der Waals surface area contributed by atoms with Crippen LogP contribution in [0.2, 0.25) is 0 Å². The molecular weight excluding hydrogens is 193 g/mol. The van der Waals surface area contributed by atoms with E-state index in [4.69, 9.17) is 19.2 Å². The molecule has 0 aromatic heterocycles. The number of Topliss-reactive ketones (excluding diaryl/α,β-unsaturated/α-hetero) is 1. The van der Waals surface area contributed by atoms with Crippen LogP contribution in [0.5, 0.6) is 0 Å². The molecule has 11 heavy (non-hydrogen) atoms. The molecule has 0 amide bonds. The van der Waals surface area contributed by atoms with Gasteiger partial charge in [-0.1, -0.05) is 0 Å². The van der Waals surface area contributed by atoms with Crippen LogP contribution in [-0.2, 0) is 9.36 Å². The standard InChI is InChI=1S/C3H6O.2Na.H3O4P.2H/c1-3(2)4;;;1-5(2,3)4;;/h1-2H3;;;(H3,1,2,3,4);;/q;2*+1;;2*-1. The van der Waals surface area contributed by atoms with Gasteiger partial charge in [0.15, 0.2) is 0 Å². The number of rotatable bonds is 0. The Morgan fingerprint density at radius 2 is 1.18 bits per heavy atom. The van der Waals surface area contributed by atoms with Gasteiger partial charge in [-0.15, -0.1) is 0 Å². The Balaban J connectivity index is -0.0000000146. The SMILES string of the molecule is CC(C)=O.O=P(O)(O)O.[H-].[H-].[Na+].[Na+]. The summed E-state index contributed by atoms with van der Waals surface area (Å²) in [6, 6.07) is 0. The minimum absolute atomic E-state index is 0.